The van der Waals surface area contributed by atoms with Crippen LogP contribution in [-0.4, -0.2) is 19.3 Å². The SMILES string of the molecule is COc1ccc(OC)c(C2(O)CCCC2(C)C)c1. The maximum absolute atomic E-state index is 11.1. The molecule has 1 aromatic rings. The van der Waals surface area contributed by atoms with Gasteiger partial charge in [-0.25, -0.2) is 0 Å². The lowest BCUT2D eigenvalue weighted by molar-refractivity contribution is -0.0502. The molecular weight excluding hydrogens is 228 g/mol. The Kier molecular flexibility index (Phi) is 3.28. The Morgan fingerprint density at radius 1 is 1.11 bits per heavy atom. The zero-order chi connectivity index (χ0) is 13.4. The molecule has 18 heavy (non-hydrogen) atoms. The van der Waals surface area contributed by atoms with Crippen LogP contribution >= 0.6 is 0 Å². The Labute approximate surface area is 109 Å². The molecule has 0 spiro atoms. The van der Waals surface area contributed by atoms with Crippen molar-refractivity contribution in [1.29, 1.82) is 0 Å². The van der Waals surface area contributed by atoms with E-state index < -0.39 is 5.60 Å². The van der Waals surface area contributed by atoms with Crippen LogP contribution in [0.5, 0.6) is 11.5 Å². The minimum Gasteiger partial charge on any atom is -0.497 e. The molecule has 0 aromatic heterocycles. The smallest absolute Gasteiger partial charge is 0.125 e. The third-order valence-electron chi connectivity index (χ3n) is 4.31. The number of methoxy groups -OCH3 is 2. The predicted octanol–water partition coefficient (Wildman–Crippen LogP) is 3.10. The number of benzene rings is 1. The normalized spacial score (nSPS) is 26.1. The van der Waals surface area contributed by atoms with Crippen LogP contribution < -0.4 is 9.47 Å². The van der Waals surface area contributed by atoms with Gasteiger partial charge in [0.1, 0.15) is 11.5 Å². The van der Waals surface area contributed by atoms with E-state index in [9.17, 15) is 5.11 Å². The predicted molar refractivity (Wildman–Crippen MR) is 71.1 cm³/mol. The van der Waals surface area contributed by atoms with Crippen LogP contribution in [-0.2, 0) is 5.60 Å². The van der Waals surface area contributed by atoms with Gasteiger partial charge in [-0.3, -0.25) is 0 Å². The van der Waals surface area contributed by atoms with Gasteiger partial charge in [0.15, 0.2) is 0 Å². The lowest BCUT2D eigenvalue weighted by Gasteiger charge is -2.38. The van der Waals surface area contributed by atoms with E-state index in [-0.39, 0.29) is 5.41 Å². The summed E-state index contributed by atoms with van der Waals surface area (Å²) in [6.45, 7) is 4.22. The van der Waals surface area contributed by atoms with E-state index in [0.717, 1.165) is 36.3 Å². The first-order chi connectivity index (χ1) is 8.44. The molecule has 0 radical (unpaired) electrons. The summed E-state index contributed by atoms with van der Waals surface area (Å²) in [7, 11) is 3.27. The molecule has 1 N–H and O–H groups in total. The summed E-state index contributed by atoms with van der Waals surface area (Å²) in [6, 6.07) is 5.61. The molecule has 0 saturated heterocycles. The number of aliphatic hydroxyl groups is 1. The van der Waals surface area contributed by atoms with Crippen molar-refractivity contribution in [2.75, 3.05) is 14.2 Å². The highest BCUT2D eigenvalue weighted by molar-refractivity contribution is 5.45. The van der Waals surface area contributed by atoms with E-state index in [1.54, 1.807) is 14.2 Å². The average molecular weight is 250 g/mol. The van der Waals surface area contributed by atoms with Crippen molar-refractivity contribution >= 4 is 0 Å². The van der Waals surface area contributed by atoms with Crippen molar-refractivity contribution in [2.45, 2.75) is 38.7 Å². The zero-order valence-corrected chi connectivity index (χ0v) is 11.6. The first kappa shape index (κ1) is 13.2. The van der Waals surface area contributed by atoms with Gasteiger partial charge in [0.25, 0.3) is 0 Å². The molecule has 0 amide bonds. The van der Waals surface area contributed by atoms with E-state index >= 15 is 0 Å². The summed E-state index contributed by atoms with van der Waals surface area (Å²) in [6.07, 6.45) is 2.82. The van der Waals surface area contributed by atoms with Crippen LogP contribution in [0.1, 0.15) is 38.7 Å². The highest BCUT2D eigenvalue weighted by Crippen LogP contribution is 2.54. The van der Waals surface area contributed by atoms with E-state index in [2.05, 4.69) is 13.8 Å². The first-order valence-electron chi connectivity index (χ1n) is 6.39. The van der Waals surface area contributed by atoms with E-state index in [4.69, 9.17) is 9.47 Å². The number of ether oxygens (including phenoxy) is 2. The zero-order valence-electron chi connectivity index (χ0n) is 11.6. The van der Waals surface area contributed by atoms with Gasteiger partial charge in [0, 0.05) is 5.56 Å². The van der Waals surface area contributed by atoms with Crippen molar-refractivity contribution in [2.24, 2.45) is 5.41 Å². The van der Waals surface area contributed by atoms with Gasteiger partial charge in [-0.2, -0.15) is 0 Å². The molecule has 1 aliphatic rings. The molecule has 0 aliphatic heterocycles. The third-order valence-corrected chi connectivity index (χ3v) is 4.31. The van der Waals surface area contributed by atoms with Crippen molar-refractivity contribution in [3.05, 3.63) is 23.8 Å². The minimum atomic E-state index is -0.840. The molecule has 1 aromatic carbocycles. The molecule has 100 valence electrons. The van der Waals surface area contributed by atoms with Crippen LogP contribution in [0.4, 0.5) is 0 Å². The quantitative estimate of drug-likeness (QED) is 0.896. The second kappa shape index (κ2) is 4.47. The van der Waals surface area contributed by atoms with Crippen LogP contribution in [0.2, 0.25) is 0 Å². The Morgan fingerprint density at radius 3 is 2.33 bits per heavy atom. The fraction of sp³-hybridized carbons (Fsp3) is 0.600. The van der Waals surface area contributed by atoms with Gasteiger partial charge in [0.05, 0.1) is 19.8 Å². The molecule has 3 nitrogen and oxygen atoms in total. The summed E-state index contributed by atoms with van der Waals surface area (Å²) in [5.74, 6) is 1.48. The van der Waals surface area contributed by atoms with Gasteiger partial charge in [-0.1, -0.05) is 13.8 Å². The monoisotopic (exact) mass is 250 g/mol. The van der Waals surface area contributed by atoms with Crippen LogP contribution in [0.3, 0.4) is 0 Å². The summed E-state index contributed by atoms with van der Waals surface area (Å²) >= 11 is 0. The molecule has 0 heterocycles. The Balaban J connectivity index is 2.55. The molecule has 0 bridgehead atoms. The van der Waals surface area contributed by atoms with Crippen molar-refractivity contribution in [1.82, 2.24) is 0 Å². The molecule has 1 aliphatic carbocycles. The largest absolute Gasteiger partial charge is 0.497 e. The summed E-state index contributed by atoms with van der Waals surface area (Å²) in [5.41, 5.74) is -0.147. The topological polar surface area (TPSA) is 38.7 Å². The lowest BCUT2D eigenvalue weighted by atomic mass is 9.73. The second-order valence-electron chi connectivity index (χ2n) is 5.66. The minimum absolute atomic E-state index is 0.146. The maximum Gasteiger partial charge on any atom is 0.125 e. The standard InChI is InChI=1S/C15H22O3/c1-14(2)8-5-9-15(14,16)12-10-11(17-3)6-7-13(12)18-4/h6-7,10,16H,5,8-9H2,1-4H3. The average Bonchev–Trinajstić information content (AvgIpc) is 2.64. The van der Waals surface area contributed by atoms with Crippen LogP contribution in [0, 0.1) is 5.41 Å². The van der Waals surface area contributed by atoms with Crippen molar-refractivity contribution < 1.29 is 14.6 Å². The van der Waals surface area contributed by atoms with E-state index in [0.29, 0.717) is 0 Å². The summed E-state index contributed by atoms with van der Waals surface area (Å²) < 4.78 is 10.7. The van der Waals surface area contributed by atoms with Crippen molar-refractivity contribution in [3.8, 4) is 11.5 Å². The molecule has 3 heteroatoms. The Hall–Kier alpha value is -1.22. The molecule has 1 fully saturated rings. The summed E-state index contributed by atoms with van der Waals surface area (Å²) in [5, 5.41) is 11.1. The second-order valence-corrected chi connectivity index (χ2v) is 5.66. The van der Waals surface area contributed by atoms with Gasteiger partial charge >= 0.3 is 0 Å². The number of hydrogen-bond donors (Lipinski definition) is 1. The molecule has 1 saturated carbocycles. The Bertz CT molecular complexity index is 439. The fourth-order valence-electron chi connectivity index (χ4n) is 2.97. The van der Waals surface area contributed by atoms with Gasteiger partial charge in [-0.15, -0.1) is 0 Å². The summed E-state index contributed by atoms with van der Waals surface area (Å²) in [4.78, 5) is 0. The molecule has 1 atom stereocenters. The van der Waals surface area contributed by atoms with E-state index in [1.165, 1.54) is 0 Å². The maximum atomic E-state index is 11.1. The Morgan fingerprint density at radius 2 is 1.83 bits per heavy atom. The lowest BCUT2D eigenvalue weighted by Crippen LogP contribution is -2.37. The highest BCUT2D eigenvalue weighted by Gasteiger charge is 2.50. The van der Waals surface area contributed by atoms with Gasteiger partial charge in [0.2, 0.25) is 0 Å². The van der Waals surface area contributed by atoms with Gasteiger partial charge in [-0.05, 0) is 42.9 Å². The number of rotatable bonds is 3. The molecule has 1 unspecified atom stereocenters. The highest BCUT2D eigenvalue weighted by atomic mass is 16.5. The van der Waals surface area contributed by atoms with Gasteiger partial charge < -0.3 is 14.6 Å². The number of hydrogen-bond acceptors (Lipinski definition) is 3. The van der Waals surface area contributed by atoms with Crippen LogP contribution in [0.25, 0.3) is 0 Å². The van der Waals surface area contributed by atoms with Crippen LogP contribution in [0.15, 0.2) is 18.2 Å². The fourth-order valence-corrected chi connectivity index (χ4v) is 2.97. The van der Waals surface area contributed by atoms with E-state index in [1.807, 2.05) is 18.2 Å². The molecule has 2 rings (SSSR count). The molecular formula is C15H22O3. The third kappa shape index (κ3) is 1.87. The first-order valence-corrected chi connectivity index (χ1v) is 6.39. The van der Waals surface area contributed by atoms with Crippen molar-refractivity contribution in [3.63, 3.8) is 0 Å².